The Hall–Kier alpha value is -4.56. The van der Waals surface area contributed by atoms with Gasteiger partial charge in [0.05, 0.1) is 0 Å². The molecule has 0 saturated heterocycles. The number of hydrogen-bond donors (Lipinski definition) is 0. The molecule has 0 fully saturated rings. The van der Waals surface area contributed by atoms with Crippen molar-refractivity contribution < 1.29 is 0 Å². The van der Waals surface area contributed by atoms with Crippen LogP contribution in [-0.2, 0) is 0 Å². The summed E-state index contributed by atoms with van der Waals surface area (Å²) in [6.07, 6.45) is 22.6. The molecule has 0 spiro atoms. The molecular formula is C38H46N2. The van der Waals surface area contributed by atoms with Gasteiger partial charge in [-0.1, -0.05) is 114 Å². The molecule has 2 heteroatoms. The van der Waals surface area contributed by atoms with Crippen molar-refractivity contribution in [2.75, 3.05) is 9.80 Å². The van der Waals surface area contributed by atoms with E-state index in [1.807, 2.05) is 70.2 Å². The van der Waals surface area contributed by atoms with Crippen LogP contribution >= 0.6 is 0 Å². The quantitative estimate of drug-likeness (QED) is 0.224. The molecule has 0 aliphatic heterocycles. The second-order valence-electron chi connectivity index (χ2n) is 8.31. The second-order valence-corrected chi connectivity index (χ2v) is 8.31. The van der Waals surface area contributed by atoms with Gasteiger partial charge in [-0.05, 0) is 86.0 Å². The zero-order valence-electron chi connectivity index (χ0n) is 25.1. The number of rotatable bonds is 14. The van der Waals surface area contributed by atoms with Crippen LogP contribution in [0.1, 0.15) is 52.2 Å². The minimum Gasteiger partial charge on any atom is -0.311 e. The molecule has 0 unspecified atom stereocenters. The Morgan fingerprint density at radius 1 is 0.650 bits per heavy atom. The van der Waals surface area contributed by atoms with Crippen molar-refractivity contribution in [1.82, 2.24) is 0 Å². The fraction of sp³-hybridized carbons (Fsp3) is 0.158. The fourth-order valence-corrected chi connectivity index (χ4v) is 3.96. The molecule has 2 rings (SSSR count). The van der Waals surface area contributed by atoms with Crippen LogP contribution < -0.4 is 9.80 Å². The van der Waals surface area contributed by atoms with Crippen molar-refractivity contribution in [2.45, 2.75) is 41.0 Å². The maximum absolute atomic E-state index is 4.18. The molecule has 40 heavy (non-hydrogen) atoms. The normalized spacial score (nSPS) is 12.2. The van der Waals surface area contributed by atoms with E-state index in [2.05, 4.69) is 122 Å². The van der Waals surface area contributed by atoms with E-state index in [1.54, 1.807) is 0 Å². The van der Waals surface area contributed by atoms with Gasteiger partial charge in [-0.3, -0.25) is 0 Å². The van der Waals surface area contributed by atoms with Crippen molar-refractivity contribution in [2.24, 2.45) is 0 Å². The van der Waals surface area contributed by atoms with E-state index >= 15 is 0 Å². The van der Waals surface area contributed by atoms with Crippen LogP contribution in [0.3, 0.4) is 0 Å². The highest BCUT2D eigenvalue weighted by Crippen LogP contribution is 2.31. The lowest BCUT2D eigenvalue weighted by atomic mass is 10.1. The number of nitrogens with zero attached hydrogens (tertiary/aromatic N) is 2. The Kier molecular flexibility index (Phi) is 15.6. The number of hydrogen-bond acceptors (Lipinski definition) is 2. The lowest BCUT2D eigenvalue weighted by molar-refractivity contribution is 1.08. The maximum Gasteiger partial charge on any atom is 0.0476 e. The summed E-state index contributed by atoms with van der Waals surface area (Å²) in [6, 6.07) is 16.6. The molecule has 0 N–H and O–H groups in total. The van der Waals surface area contributed by atoms with E-state index in [0.29, 0.717) is 0 Å². The van der Waals surface area contributed by atoms with Crippen molar-refractivity contribution in [3.05, 3.63) is 170 Å². The molecule has 2 aromatic carbocycles. The van der Waals surface area contributed by atoms with Crippen molar-refractivity contribution in [1.29, 1.82) is 0 Å². The second kappa shape index (κ2) is 18.7. The van der Waals surface area contributed by atoms with Gasteiger partial charge in [0.15, 0.2) is 0 Å². The van der Waals surface area contributed by atoms with Crippen LogP contribution in [0.2, 0.25) is 0 Å². The Morgan fingerprint density at radius 3 is 1.45 bits per heavy atom. The fourth-order valence-electron chi connectivity index (χ4n) is 3.96. The molecule has 0 aliphatic carbocycles. The SMILES string of the molecule is C=C/C(=C\CC)N(/C(C=C)=C/C(=C\C)N(/C(C=C)=C/C=C\C)c1ccc(C=C)cc1)c1ccc(C=C)cc1.CC. The molecule has 0 aliphatic rings. The monoisotopic (exact) mass is 530 g/mol. The molecule has 2 nitrogen and oxygen atoms in total. The summed E-state index contributed by atoms with van der Waals surface area (Å²) in [5.74, 6) is 0. The van der Waals surface area contributed by atoms with Gasteiger partial charge in [0.1, 0.15) is 0 Å². The molecule has 0 amide bonds. The Bertz CT molecular complexity index is 1280. The summed E-state index contributed by atoms with van der Waals surface area (Å²) in [6.45, 7) is 30.3. The minimum absolute atomic E-state index is 0.873. The number of anilines is 2. The van der Waals surface area contributed by atoms with Crippen LogP contribution in [0, 0.1) is 0 Å². The van der Waals surface area contributed by atoms with E-state index < -0.39 is 0 Å². The maximum atomic E-state index is 4.18. The first kappa shape index (κ1) is 33.5. The van der Waals surface area contributed by atoms with E-state index in [9.17, 15) is 0 Å². The zero-order valence-corrected chi connectivity index (χ0v) is 25.1. The first-order chi connectivity index (χ1) is 19.5. The van der Waals surface area contributed by atoms with Crippen LogP contribution in [0.15, 0.2) is 159 Å². The molecule has 0 heterocycles. The Balaban J connectivity index is 0.00000391. The number of allylic oxidation sites excluding steroid dienone is 9. The van der Waals surface area contributed by atoms with E-state index in [1.165, 1.54) is 0 Å². The van der Waals surface area contributed by atoms with Gasteiger partial charge in [0, 0.05) is 34.2 Å². The topological polar surface area (TPSA) is 6.48 Å². The first-order valence-corrected chi connectivity index (χ1v) is 13.8. The average molecular weight is 531 g/mol. The number of benzene rings is 2. The van der Waals surface area contributed by atoms with Crippen molar-refractivity contribution in [3.63, 3.8) is 0 Å². The molecular weight excluding hydrogens is 484 g/mol. The van der Waals surface area contributed by atoms with Gasteiger partial charge in [0.2, 0.25) is 0 Å². The van der Waals surface area contributed by atoms with Gasteiger partial charge < -0.3 is 9.80 Å². The molecule has 0 aromatic heterocycles. The predicted octanol–water partition coefficient (Wildman–Crippen LogP) is 11.4. The highest BCUT2D eigenvalue weighted by molar-refractivity contribution is 5.69. The van der Waals surface area contributed by atoms with E-state index in [0.717, 1.165) is 51.7 Å². The van der Waals surface area contributed by atoms with Crippen LogP contribution in [0.5, 0.6) is 0 Å². The van der Waals surface area contributed by atoms with Crippen LogP contribution in [0.4, 0.5) is 11.4 Å². The van der Waals surface area contributed by atoms with Gasteiger partial charge >= 0.3 is 0 Å². The molecule has 2 aromatic rings. The highest BCUT2D eigenvalue weighted by Gasteiger charge is 2.18. The largest absolute Gasteiger partial charge is 0.311 e. The molecule has 0 radical (unpaired) electrons. The summed E-state index contributed by atoms with van der Waals surface area (Å²) >= 11 is 0. The van der Waals surface area contributed by atoms with Crippen LogP contribution in [-0.4, -0.2) is 0 Å². The van der Waals surface area contributed by atoms with E-state index in [-0.39, 0.29) is 0 Å². The summed E-state index contributed by atoms with van der Waals surface area (Å²) < 4.78 is 0. The lowest BCUT2D eigenvalue weighted by Crippen LogP contribution is -2.24. The third-order valence-electron chi connectivity index (χ3n) is 5.90. The zero-order chi connectivity index (χ0) is 29.9. The predicted molar refractivity (Wildman–Crippen MR) is 183 cm³/mol. The molecule has 0 bridgehead atoms. The smallest absolute Gasteiger partial charge is 0.0476 e. The summed E-state index contributed by atoms with van der Waals surface area (Å²) in [4.78, 5) is 4.35. The summed E-state index contributed by atoms with van der Waals surface area (Å²) in [7, 11) is 0. The minimum atomic E-state index is 0.873. The van der Waals surface area contributed by atoms with Crippen molar-refractivity contribution >= 4 is 23.5 Å². The van der Waals surface area contributed by atoms with Gasteiger partial charge in [0.25, 0.3) is 0 Å². The lowest BCUT2D eigenvalue weighted by Gasteiger charge is -2.31. The molecule has 0 atom stereocenters. The first-order valence-electron chi connectivity index (χ1n) is 13.8. The molecule has 208 valence electrons. The average Bonchev–Trinajstić information content (AvgIpc) is 3.02. The van der Waals surface area contributed by atoms with Gasteiger partial charge in [-0.15, -0.1) is 0 Å². The van der Waals surface area contributed by atoms with Crippen molar-refractivity contribution in [3.8, 4) is 0 Å². The van der Waals surface area contributed by atoms with Crippen LogP contribution in [0.25, 0.3) is 12.2 Å². The summed E-state index contributed by atoms with van der Waals surface area (Å²) in [5, 5.41) is 0. The Labute approximate surface area is 244 Å². The highest BCUT2D eigenvalue weighted by atomic mass is 15.2. The van der Waals surface area contributed by atoms with Gasteiger partial charge in [-0.25, -0.2) is 0 Å². The van der Waals surface area contributed by atoms with E-state index in [4.69, 9.17) is 0 Å². The third kappa shape index (κ3) is 9.03. The Morgan fingerprint density at radius 2 is 1.10 bits per heavy atom. The summed E-state index contributed by atoms with van der Waals surface area (Å²) in [5.41, 5.74) is 7.94. The third-order valence-corrected chi connectivity index (χ3v) is 5.90. The standard InChI is InChI=1S/C36H40N2.C2H6/c1-9-17-19-32(14-6)38(36-26-22-30(12-4)23-27-36)34(16-8)28-33(15-7)37(31(13-5)18-10-2)35-24-20-29(11-3)21-25-35;1-2/h9,11-28H,3-7,10H2,1-2,8H3;1-2H3/b17-9-,31-18+,32-19+,33-28+,34-16+;. The van der Waals surface area contributed by atoms with Gasteiger partial charge in [-0.2, -0.15) is 0 Å². The molecule has 0 saturated carbocycles.